The Morgan fingerprint density at radius 3 is 2.64 bits per heavy atom. The van der Waals surface area contributed by atoms with Crippen LogP contribution < -0.4 is 0 Å². The van der Waals surface area contributed by atoms with E-state index in [1.165, 1.54) is 6.92 Å². The summed E-state index contributed by atoms with van der Waals surface area (Å²) >= 11 is 5.42. The molecule has 0 aliphatic rings. The molecule has 3 nitrogen and oxygen atoms in total. The smallest absolute Gasteiger partial charge is 0.164 e. The van der Waals surface area contributed by atoms with Crippen molar-refractivity contribution in [3.63, 3.8) is 0 Å². The molecular formula is C9H8ClFO3. The minimum Gasteiger partial charge on any atom is -0.504 e. The van der Waals surface area contributed by atoms with E-state index < -0.39 is 17.3 Å². The van der Waals surface area contributed by atoms with Crippen molar-refractivity contribution in [3.8, 4) is 11.5 Å². The number of aromatic hydroxyl groups is 2. The molecule has 0 fully saturated rings. The van der Waals surface area contributed by atoms with Gasteiger partial charge in [0.2, 0.25) is 0 Å². The van der Waals surface area contributed by atoms with Crippen molar-refractivity contribution >= 4 is 17.4 Å². The Morgan fingerprint density at radius 1 is 1.57 bits per heavy atom. The summed E-state index contributed by atoms with van der Waals surface area (Å²) < 4.78 is 13.2. The highest BCUT2D eigenvalue weighted by Crippen LogP contribution is 2.35. The van der Waals surface area contributed by atoms with Crippen LogP contribution in [0, 0.1) is 5.82 Å². The molecule has 0 spiro atoms. The van der Waals surface area contributed by atoms with Gasteiger partial charge in [-0.25, -0.2) is 4.39 Å². The third kappa shape index (κ3) is 1.96. The van der Waals surface area contributed by atoms with E-state index in [0.29, 0.717) is 0 Å². The summed E-state index contributed by atoms with van der Waals surface area (Å²) in [5.41, 5.74) is -0.275. The molecule has 0 amide bonds. The maximum atomic E-state index is 13.2. The molecule has 0 bridgehead atoms. The van der Waals surface area contributed by atoms with Gasteiger partial charge in [0.05, 0.1) is 5.02 Å². The fourth-order valence-corrected chi connectivity index (χ4v) is 1.28. The molecule has 1 aromatic rings. The van der Waals surface area contributed by atoms with Gasteiger partial charge in [-0.05, 0) is 6.92 Å². The van der Waals surface area contributed by atoms with Crippen molar-refractivity contribution in [2.45, 2.75) is 13.3 Å². The normalized spacial score (nSPS) is 10.2. The predicted octanol–water partition coefficient (Wildman–Crippen LogP) is 2.02. The second kappa shape index (κ2) is 3.84. The number of phenolic OH excluding ortho intramolecular Hbond substituents is 2. The molecule has 1 rings (SSSR count). The molecule has 0 unspecified atom stereocenters. The molecule has 0 saturated heterocycles. The van der Waals surface area contributed by atoms with E-state index in [1.807, 2.05) is 0 Å². The largest absolute Gasteiger partial charge is 0.504 e. The van der Waals surface area contributed by atoms with Crippen LogP contribution in [0.1, 0.15) is 12.5 Å². The third-order valence-electron chi connectivity index (χ3n) is 1.69. The second-order valence-corrected chi connectivity index (χ2v) is 3.30. The first-order chi connectivity index (χ1) is 6.43. The summed E-state index contributed by atoms with van der Waals surface area (Å²) in [4.78, 5) is 10.7. The summed E-state index contributed by atoms with van der Waals surface area (Å²) in [5.74, 6) is -2.38. The predicted molar refractivity (Wildman–Crippen MR) is 49.1 cm³/mol. The fraction of sp³-hybridized carbons (Fsp3) is 0.222. The minimum atomic E-state index is -0.878. The molecule has 1 aromatic carbocycles. The molecule has 0 radical (unpaired) electrons. The molecule has 14 heavy (non-hydrogen) atoms. The van der Waals surface area contributed by atoms with E-state index in [4.69, 9.17) is 16.7 Å². The van der Waals surface area contributed by atoms with E-state index in [2.05, 4.69) is 0 Å². The van der Waals surface area contributed by atoms with Crippen molar-refractivity contribution in [2.75, 3.05) is 0 Å². The van der Waals surface area contributed by atoms with Gasteiger partial charge in [0.25, 0.3) is 0 Å². The van der Waals surface area contributed by atoms with Gasteiger partial charge in [0.1, 0.15) is 11.6 Å². The monoisotopic (exact) mass is 218 g/mol. The van der Waals surface area contributed by atoms with Crippen molar-refractivity contribution in [3.05, 3.63) is 22.5 Å². The average Bonchev–Trinajstić information content (AvgIpc) is 2.09. The Labute approximate surface area is 84.7 Å². The molecule has 0 saturated carbocycles. The van der Waals surface area contributed by atoms with Crippen LogP contribution in [0.4, 0.5) is 4.39 Å². The molecule has 2 N–H and O–H groups in total. The number of hydrogen-bond acceptors (Lipinski definition) is 3. The number of ketones is 1. The third-order valence-corrected chi connectivity index (χ3v) is 1.97. The maximum absolute atomic E-state index is 13.2. The molecule has 0 aromatic heterocycles. The highest BCUT2D eigenvalue weighted by Gasteiger charge is 2.17. The van der Waals surface area contributed by atoms with Crippen molar-refractivity contribution in [1.82, 2.24) is 0 Å². The lowest BCUT2D eigenvalue weighted by Gasteiger charge is -2.07. The molecule has 0 aliphatic carbocycles. The number of benzene rings is 1. The van der Waals surface area contributed by atoms with E-state index in [0.717, 1.165) is 6.07 Å². The molecule has 76 valence electrons. The van der Waals surface area contributed by atoms with Crippen molar-refractivity contribution in [2.24, 2.45) is 0 Å². The molecule has 0 heterocycles. The minimum absolute atomic E-state index is 0.275. The number of phenols is 2. The number of carbonyl (C=O) groups excluding carboxylic acids is 1. The zero-order valence-corrected chi connectivity index (χ0v) is 8.10. The standard InChI is InChI=1S/C9H8ClFO3/c1-4(12)2-5-8(11)6(10)3-7(13)9(5)14/h3,13-14H,2H2,1H3. The molecular weight excluding hydrogens is 211 g/mol. The Balaban J connectivity index is 3.31. The quantitative estimate of drug-likeness (QED) is 0.747. The first-order valence-corrected chi connectivity index (χ1v) is 4.19. The summed E-state index contributed by atoms with van der Waals surface area (Å²) in [6.45, 7) is 1.25. The SMILES string of the molecule is CC(=O)Cc1c(O)c(O)cc(Cl)c1F. The van der Waals surface area contributed by atoms with Crippen LogP contribution in [0.15, 0.2) is 6.07 Å². The Bertz CT molecular complexity index is 364. The lowest BCUT2D eigenvalue weighted by molar-refractivity contribution is -0.116. The van der Waals surface area contributed by atoms with Crippen LogP contribution in [0.5, 0.6) is 11.5 Å². The highest BCUT2D eigenvalue weighted by atomic mass is 35.5. The number of halogens is 2. The van der Waals surface area contributed by atoms with Gasteiger partial charge in [0.15, 0.2) is 11.5 Å². The topological polar surface area (TPSA) is 57.5 Å². The first-order valence-electron chi connectivity index (χ1n) is 3.81. The number of Topliss-reactive ketones (excluding diaryl/α,β-unsaturated/α-hetero) is 1. The molecule has 5 heteroatoms. The van der Waals surface area contributed by atoms with Crippen LogP contribution in [0.3, 0.4) is 0 Å². The zero-order chi connectivity index (χ0) is 10.9. The van der Waals surface area contributed by atoms with Crippen LogP contribution >= 0.6 is 11.6 Å². The van der Waals surface area contributed by atoms with Crippen molar-refractivity contribution < 1.29 is 19.4 Å². The van der Waals surface area contributed by atoms with Gasteiger partial charge in [-0.3, -0.25) is 4.79 Å². The maximum Gasteiger partial charge on any atom is 0.164 e. The Hall–Kier alpha value is -1.29. The highest BCUT2D eigenvalue weighted by molar-refractivity contribution is 6.31. The van der Waals surface area contributed by atoms with E-state index in [1.54, 1.807) is 0 Å². The Kier molecular flexibility index (Phi) is 2.96. The van der Waals surface area contributed by atoms with Crippen LogP contribution in [-0.4, -0.2) is 16.0 Å². The molecule has 0 aliphatic heterocycles. The number of hydrogen-bond donors (Lipinski definition) is 2. The van der Waals surface area contributed by atoms with Gasteiger partial charge >= 0.3 is 0 Å². The van der Waals surface area contributed by atoms with E-state index >= 15 is 0 Å². The van der Waals surface area contributed by atoms with Gasteiger partial charge in [-0.1, -0.05) is 11.6 Å². The van der Waals surface area contributed by atoms with E-state index in [9.17, 15) is 14.3 Å². The van der Waals surface area contributed by atoms with Crippen LogP contribution in [0.25, 0.3) is 0 Å². The van der Waals surface area contributed by atoms with Crippen molar-refractivity contribution in [1.29, 1.82) is 0 Å². The number of rotatable bonds is 2. The summed E-state index contributed by atoms with van der Waals surface area (Å²) in [5, 5.41) is 18.0. The van der Waals surface area contributed by atoms with Crippen LogP contribution in [-0.2, 0) is 11.2 Å². The lowest BCUT2D eigenvalue weighted by Crippen LogP contribution is -2.00. The van der Waals surface area contributed by atoms with Gasteiger partial charge in [-0.2, -0.15) is 0 Å². The van der Waals surface area contributed by atoms with Gasteiger partial charge in [0, 0.05) is 18.1 Å². The first kappa shape index (κ1) is 10.8. The zero-order valence-electron chi connectivity index (χ0n) is 7.34. The van der Waals surface area contributed by atoms with Gasteiger partial charge < -0.3 is 10.2 Å². The Morgan fingerprint density at radius 2 is 2.14 bits per heavy atom. The second-order valence-electron chi connectivity index (χ2n) is 2.90. The lowest BCUT2D eigenvalue weighted by atomic mass is 10.1. The van der Waals surface area contributed by atoms with E-state index in [-0.39, 0.29) is 22.8 Å². The van der Waals surface area contributed by atoms with Gasteiger partial charge in [-0.15, -0.1) is 0 Å². The summed E-state index contributed by atoms with van der Waals surface area (Å²) in [6.07, 6.45) is -0.300. The average molecular weight is 219 g/mol. The summed E-state index contributed by atoms with van der Waals surface area (Å²) in [6, 6.07) is 0.885. The number of carbonyl (C=O) groups is 1. The van der Waals surface area contributed by atoms with Crippen LogP contribution in [0.2, 0.25) is 5.02 Å². The fourth-order valence-electron chi connectivity index (χ4n) is 1.06. The summed E-state index contributed by atoms with van der Waals surface area (Å²) in [7, 11) is 0. The molecule has 0 atom stereocenters.